The van der Waals surface area contributed by atoms with E-state index in [1.165, 1.54) is 0 Å². The maximum atomic E-state index is 11.1. The van der Waals surface area contributed by atoms with Gasteiger partial charge in [0.15, 0.2) is 5.82 Å². The lowest BCUT2D eigenvalue weighted by molar-refractivity contribution is -0.139. The van der Waals surface area contributed by atoms with Crippen LogP contribution < -0.4 is 0 Å². The molecule has 3 rings (SSSR count). The zero-order valence-corrected chi connectivity index (χ0v) is 9.85. The van der Waals surface area contributed by atoms with Crippen LogP contribution >= 0.6 is 11.3 Å². The molecule has 1 aliphatic heterocycles. The Balaban J connectivity index is 2.08. The summed E-state index contributed by atoms with van der Waals surface area (Å²) in [5, 5.41) is 19.3. The summed E-state index contributed by atoms with van der Waals surface area (Å²) in [5.41, 5.74) is 0. The van der Waals surface area contributed by atoms with Gasteiger partial charge in [0, 0.05) is 6.54 Å². The highest BCUT2D eigenvalue weighted by Crippen LogP contribution is 2.31. The molecular weight excluding hydrogens is 238 g/mol. The SMILES string of the molecule is O=C(O)C1CCCn2c(-c3cccs3)nnc21. The van der Waals surface area contributed by atoms with E-state index in [9.17, 15) is 4.79 Å². The second-order valence-corrected chi connectivity index (χ2v) is 4.99. The van der Waals surface area contributed by atoms with E-state index in [1.807, 2.05) is 22.1 Å². The average molecular weight is 249 g/mol. The smallest absolute Gasteiger partial charge is 0.314 e. The van der Waals surface area contributed by atoms with Crippen LogP contribution in [0, 0.1) is 0 Å². The third-order valence-corrected chi connectivity index (χ3v) is 3.87. The van der Waals surface area contributed by atoms with E-state index in [0.717, 1.165) is 23.7 Å². The first kappa shape index (κ1) is 10.5. The van der Waals surface area contributed by atoms with Crippen molar-refractivity contribution in [3.05, 3.63) is 23.3 Å². The molecule has 17 heavy (non-hydrogen) atoms. The van der Waals surface area contributed by atoms with Gasteiger partial charge in [-0.15, -0.1) is 21.5 Å². The minimum absolute atomic E-state index is 0.509. The summed E-state index contributed by atoms with van der Waals surface area (Å²) in [4.78, 5) is 12.2. The molecule has 88 valence electrons. The molecule has 0 radical (unpaired) electrons. The van der Waals surface area contributed by atoms with Gasteiger partial charge in [-0.25, -0.2) is 0 Å². The largest absolute Gasteiger partial charge is 0.481 e. The van der Waals surface area contributed by atoms with Crippen molar-refractivity contribution in [2.24, 2.45) is 0 Å². The van der Waals surface area contributed by atoms with E-state index in [1.54, 1.807) is 11.3 Å². The highest BCUT2D eigenvalue weighted by molar-refractivity contribution is 7.13. The van der Waals surface area contributed by atoms with E-state index in [0.29, 0.717) is 12.2 Å². The molecule has 0 amide bonds. The summed E-state index contributed by atoms with van der Waals surface area (Å²) >= 11 is 1.59. The third kappa shape index (κ3) is 1.64. The number of hydrogen-bond acceptors (Lipinski definition) is 4. The Morgan fingerprint density at radius 1 is 1.53 bits per heavy atom. The fourth-order valence-electron chi connectivity index (χ4n) is 2.20. The summed E-state index contributed by atoms with van der Waals surface area (Å²) in [7, 11) is 0. The van der Waals surface area contributed by atoms with Crippen LogP contribution in [0.25, 0.3) is 10.7 Å². The number of aliphatic carboxylic acids is 1. The standard InChI is InChI=1S/C11H11N3O2S/c15-11(16)7-3-1-5-14-9(7)12-13-10(14)8-4-2-6-17-8/h2,4,6-7H,1,3,5H2,(H,15,16). The second-order valence-electron chi connectivity index (χ2n) is 4.04. The number of thiophene rings is 1. The molecule has 6 heteroatoms. The zero-order valence-electron chi connectivity index (χ0n) is 9.04. The Hall–Kier alpha value is -1.69. The maximum Gasteiger partial charge on any atom is 0.314 e. The van der Waals surface area contributed by atoms with Crippen molar-refractivity contribution in [2.45, 2.75) is 25.3 Å². The minimum atomic E-state index is -0.809. The van der Waals surface area contributed by atoms with Gasteiger partial charge in [-0.1, -0.05) is 6.07 Å². The summed E-state index contributed by atoms with van der Waals surface area (Å²) in [6.07, 6.45) is 1.51. The predicted molar refractivity (Wildman–Crippen MR) is 62.9 cm³/mol. The Kier molecular flexibility index (Phi) is 2.44. The van der Waals surface area contributed by atoms with Crippen molar-refractivity contribution in [2.75, 3.05) is 0 Å². The van der Waals surface area contributed by atoms with Gasteiger partial charge in [0.2, 0.25) is 0 Å². The lowest BCUT2D eigenvalue weighted by atomic mass is 9.99. The van der Waals surface area contributed by atoms with Crippen LogP contribution in [-0.4, -0.2) is 25.8 Å². The van der Waals surface area contributed by atoms with Gasteiger partial charge in [-0.3, -0.25) is 4.79 Å². The molecule has 1 atom stereocenters. The number of carboxylic acids is 1. The Morgan fingerprint density at radius 3 is 3.12 bits per heavy atom. The van der Waals surface area contributed by atoms with Crippen molar-refractivity contribution in [3.8, 4) is 10.7 Å². The van der Waals surface area contributed by atoms with E-state index in [2.05, 4.69) is 10.2 Å². The molecule has 0 bridgehead atoms. The van der Waals surface area contributed by atoms with Gasteiger partial charge < -0.3 is 9.67 Å². The molecule has 1 N–H and O–H groups in total. The maximum absolute atomic E-state index is 11.1. The molecular formula is C11H11N3O2S. The number of fused-ring (bicyclic) bond motifs is 1. The zero-order chi connectivity index (χ0) is 11.8. The Morgan fingerprint density at radius 2 is 2.41 bits per heavy atom. The number of carboxylic acid groups (broad SMARTS) is 1. The molecule has 3 heterocycles. The molecule has 5 nitrogen and oxygen atoms in total. The van der Waals surface area contributed by atoms with Crippen molar-refractivity contribution in [3.63, 3.8) is 0 Å². The van der Waals surface area contributed by atoms with Crippen LogP contribution in [0.2, 0.25) is 0 Å². The second kappa shape index (κ2) is 3.96. The molecule has 0 saturated heterocycles. The molecule has 0 fully saturated rings. The highest BCUT2D eigenvalue weighted by atomic mass is 32.1. The first-order chi connectivity index (χ1) is 8.27. The van der Waals surface area contributed by atoms with Crippen LogP contribution in [0.5, 0.6) is 0 Å². The monoisotopic (exact) mass is 249 g/mol. The van der Waals surface area contributed by atoms with Crippen molar-refractivity contribution >= 4 is 17.3 Å². The lowest BCUT2D eigenvalue weighted by Crippen LogP contribution is -2.22. The fourth-order valence-corrected chi connectivity index (χ4v) is 2.92. The normalized spacial score (nSPS) is 18.9. The number of aromatic nitrogens is 3. The topological polar surface area (TPSA) is 68.0 Å². The molecule has 0 aromatic carbocycles. The summed E-state index contributed by atoms with van der Waals surface area (Å²) in [6.45, 7) is 0.805. The summed E-state index contributed by atoms with van der Waals surface area (Å²) in [6, 6.07) is 3.94. The van der Waals surface area contributed by atoms with Crippen LogP contribution in [0.3, 0.4) is 0 Å². The number of hydrogen-bond donors (Lipinski definition) is 1. The molecule has 2 aromatic heterocycles. The Bertz CT molecular complexity index is 547. The number of nitrogens with zero attached hydrogens (tertiary/aromatic N) is 3. The number of carbonyl (C=O) groups is 1. The Labute approximate surface area is 102 Å². The van der Waals surface area contributed by atoms with Gasteiger partial charge in [0.25, 0.3) is 0 Å². The van der Waals surface area contributed by atoms with E-state index in [-0.39, 0.29) is 0 Å². The van der Waals surface area contributed by atoms with Gasteiger partial charge >= 0.3 is 5.97 Å². The van der Waals surface area contributed by atoms with E-state index < -0.39 is 11.9 Å². The lowest BCUT2D eigenvalue weighted by Gasteiger charge is -2.20. The first-order valence-electron chi connectivity index (χ1n) is 5.47. The van der Waals surface area contributed by atoms with E-state index >= 15 is 0 Å². The average Bonchev–Trinajstić information content (AvgIpc) is 2.96. The third-order valence-electron chi connectivity index (χ3n) is 3.01. The minimum Gasteiger partial charge on any atom is -0.481 e. The van der Waals surface area contributed by atoms with Gasteiger partial charge in [-0.2, -0.15) is 0 Å². The molecule has 0 spiro atoms. The van der Waals surface area contributed by atoms with Crippen molar-refractivity contribution < 1.29 is 9.90 Å². The van der Waals surface area contributed by atoms with Crippen LogP contribution in [-0.2, 0) is 11.3 Å². The first-order valence-corrected chi connectivity index (χ1v) is 6.35. The van der Waals surface area contributed by atoms with Gasteiger partial charge in [0.1, 0.15) is 11.7 Å². The van der Waals surface area contributed by atoms with Gasteiger partial charge in [0.05, 0.1) is 4.88 Å². The fraction of sp³-hybridized carbons (Fsp3) is 0.364. The van der Waals surface area contributed by atoms with Gasteiger partial charge in [-0.05, 0) is 24.3 Å². The van der Waals surface area contributed by atoms with Crippen LogP contribution in [0.1, 0.15) is 24.6 Å². The predicted octanol–water partition coefficient (Wildman–Crippen LogP) is 1.97. The van der Waals surface area contributed by atoms with Crippen LogP contribution in [0.4, 0.5) is 0 Å². The molecule has 1 unspecified atom stereocenters. The summed E-state index contributed by atoms with van der Waals surface area (Å²) in [5.74, 6) is 0.0640. The van der Waals surface area contributed by atoms with Crippen molar-refractivity contribution in [1.82, 2.24) is 14.8 Å². The quantitative estimate of drug-likeness (QED) is 0.883. The highest BCUT2D eigenvalue weighted by Gasteiger charge is 2.30. The number of rotatable bonds is 2. The molecule has 0 saturated carbocycles. The molecule has 0 aliphatic carbocycles. The van der Waals surface area contributed by atoms with E-state index in [4.69, 9.17) is 5.11 Å². The summed E-state index contributed by atoms with van der Waals surface area (Å²) < 4.78 is 1.94. The molecule has 2 aromatic rings. The van der Waals surface area contributed by atoms with Crippen molar-refractivity contribution in [1.29, 1.82) is 0 Å². The molecule has 1 aliphatic rings. The van der Waals surface area contributed by atoms with Crippen LogP contribution in [0.15, 0.2) is 17.5 Å².